The maximum Gasteiger partial charge on any atom is 0.107 e. The largest absolute Gasteiger partial charge is 0.310 e. The normalized spacial score (nSPS) is 20.7. The van der Waals surface area contributed by atoms with Gasteiger partial charge in [-0.15, -0.1) is 11.3 Å². The molecular formula is C14H25N3S. The molecule has 2 heterocycles. The van der Waals surface area contributed by atoms with E-state index in [4.69, 9.17) is 4.98 Å². The van der Waals surface area contributed by atoms with E-state index in [-0.39, 0.29) is 0 Å². The van der Waals surface area contributed by atoms with Crippen molar-refractivity contribution in [2.75, 3.05) is 13.1 Å². The molecule has 0 aromatic carbocycles. The highest BCUT2D eigenvalue weighted by atomic mass is 32.1. The van der Waals surface area contributed by atoms with Gasteiger partial charge in [0.25, 0.3) is 0 Å². The van der Waals surface area contributed by atoms with E-state index in [0.29, 0.717) is 0 Å². The van der Waals surface area contributed by atoms with Crippen molar-refractivity contribution < 1.29 is 0 Å². The van der Waals surface area contributed by atoms with Gasteiger partial charge in [-0.25, -0.2) is 4.98 Å². The fourth-order valence-electron chi connectivity index (χ4n) is 2.65. The lowest BCUT2D eigenvalue weighted by Crippen LogP contribution is -2.28. The number of hydrogen-bond donors (Lipinski definition) is 1. The van der Waals surface area contributed by atoms with Crippen LogP contribution >= 0.6 is 11.3 Å². The Hall–Kier alpha value is -0.450. The second-order valence-corrected chi connectivity index (χ2v) is 6.03. The van der Waals surface area contributed by atoms with Crippen LogP contribution in [0, 0.1) is 0 Å². The highest BCUT2D eigenvalue weighted by Gasteiger charge is 2.23. The zero-order valence-electron chi connectivity index (χ0n) is 11.6. The smallest absolute Gasteiger partial charge is 0.107 e. The summed E-state index contributed by atoms with van der Waals surface area (Å²) in [4.78, 5) is 7.32. The zero-order valence-corrected chi connectivity index (χ0v) is 12.4. The third-order valence-electron chi connectivity index (χ3n) is 3.64. The highest BCUT2D eigenvalue weighted by molar-refractivity contribution is 7.09. The molecule has 0 aliphatic carbocycles. The number of nitrogens with zero attached hydrogens (tertiary/aromatic N) is 2. The molecule has 4 heteroatoms. The first kappa shape index (κ1) is 14.0. The van der Waals surface area contributed by atoms with E-state index in [2.05, 4.69) is 29.4 Å². The van der Waals surface area contributed by atoms with Crippen LogP contribution in [0.2, 0.25) is 0 Å². The van der Waals surface area contributed by atoms with Crippen LogP contribution in [-0.2, 0) is 13.1 Å². The van der Waals surface area contributed by atoms with Crippen LogP contribution in [0.1, 0.15) is 50.2 Å². The molecule has 0 spiro atoms. The molecular weight excluding hydrogens is 242 g/mol. The number of nitrogens with one attached hydrogen (secondary N) is 1. The Balaban J connectivity index is 1.82. The molecule has 0 amide bonds. The van der Waals surface area contributed by atoms with Gasteiger partial charge in [-0.2, -0.15) is 0 Å². The van der Waals surface area contributed by atoms with Crippen molar-refractivity contribution in [1.29, 1.82) is 0 Å². The molecule has 1 aliphatic rings. The zero-order chi connectivity index (χ0) is 12.8. The van der Waals surface area contributed by atoms with Gasteiger partial charge in [-0.05, 0) is 38.8 Å². The molecule has 2 rings (SSSR count). The minimum absolute atomic E-state index is 0.786. The standard InChI is InChI=1S/C14H25N3S/c1-3-7-15-9-14-16-12(11-18-14)10-17-8-5-6-13(17)4-2/h11,13,15H,3-10H2,1-2H3. The molecule has 0 saturated carbocycles. The van der Waals surface area contributed by atoms with Crippen LogP contribution in [0.3, 0.4) is 0 Å². The van der Waals surface area contributed by atoms with Gasteiger partial charge in [0.2, 0.25) is 0 Å². The molecule has 1 aromatic heterocycles. The topological polar surface area (TPSA) is 28.2 Å². The van der Waals surface area contributed by atoms with Crippen LogP contribution in [0.15, 0.2) is 5.38 Å². The summed E-state index contributed by atoms with van der Waals surface area (Å²) < 4.78 is 0. The Bertz CT molecular complexity index is 351. The summed E-state index contributed by atoms with van der Waals surface area (Å²) >= 11 is 1.79. The van der Waals surface area contributed by atoms with Crippen molar-refractivity contribution in [2.24, 2.45) is 0 Å². The first-order valence-electron chi connectivity index (χ1n) is 7.21. The second-order valence-electron chi connectivity index (χ2n) is 5.08. The molecule has 1 saturated heterocycles. The monoisotopic (exact) mass is 267 g/mol. The van der Waals surface area contributed by atoms with Gasteiger partial charge >= 0.3 is 0 Å². The molecule has 1 fully saturated rings. The molecule has 0 radical (unpaired) electrons. The molecule has 1 aliphatic heterocycles. The van der Waals surface area contributed by atoms with Crippen LogP contribution in [-0.4, -0.2) is 29.0 Å². The van der Waals surface area contributed by atoms with Crippen molar-refractivity contribution in [2.45, 2.75) is 58.7 Å². The summed E-state index contributed by atoms with van der Waals surface area (Å²) in [6.45, 7) is 8.79. The van der Waals surface area contributed by atoms with Crippen molar-refractivity contribution in [3.8, 4) is 0 Å². The lowest BCUT2D eigenvalue weighted by molar-refractivity contribution is 0.237. The lowest BCUT2D eigenvalue weighted by atomic mass is 10.2. The summed E-state index contributed by atoms with van der Waals surface area (Å²) in [5.74, 6) is 0. The van der Waals surface area contributed by atoms with Gasteiger partial charge in [-0.1, -0.05) is 13.8 Å². The van der Waals surface area contributed by atoms with E-state index >= 15 is 0 Å². The van der Waals surface area contributed by atoms with E-state index in [0.717, 1.165) is 25.7 Å². The van der Waals surface area contributed by atoms with E-state index in [1.165, 1.54) is 42.9 Å². The molecule has 102 valence electrons. The quantitative estimate of drug-likeness (QED) is 0.770. The van der Waals surface area contributed by atoms with Gasteiger partial charge in [0.1, 0.15) is 5.01 Å². The van der Waals surface area contributed by atoms with Gasteiger partial charge in [0.05, 0.1) is 5.69 Å². The summed E-state index contributed by atoms with van der Waals surface area (Å²) in [5.41, 5.74) is 1.26. The van der Waals surface area contributed by atoms with Gasteiger partial charge in [-0.3, -0.25) is 4.90 Å². The third kappa shape index (κ3) is 3.77. The average Bonchev–Trinajstić information content (AvgIpc) is 2.99. The lowest BCUT2D eigenvalue weighted by Gasteiger charge is -2.21. The number of rotatable bonds is 7. The van der Waals surface area contributed by atoms with E-state index in [1.807, 2.05) is 0 Å². The molecule has 3 nitrogen and oxygen atoms in total. The maximum atomic E-state index is 4.73. The molecule has 1 aromatic rings. The van der Waals surface area contributed by atoms with Crippen molar-refractivity contribution in [3.05, 3.63) is 16.1 Å². The Morgan fingerprint density at radius 3 is 3.17 bits per heavy atom. The van der Waals surface area contributed by atoms with Crippen LogP contribution in [0.25, 0.3) is 0 Å². The summed E-state index contributed by atoms with van der Waals surface area (Å²) in [6, 6.07) is 0.786. The Labute approximate surface area is 115 Å². The highest BCUT2D eigenvalue weighted by Crippen LogP contribution is 2.22. The summed E-state index contributed by atoms with van der Waals surface area (Å²) in [6.07, 6.45) is 5.18. The van der Waals surface area contributed by atoms with Crippen molar-refractivity contribution in [1.82, 2.24) is 15.2 Å². The van der Waals surface area contributed by atoms with Crippen LogP contribution < -0.4 is 5.32 Å². The second kappa shape index (κ2) is 7.22. The average molecular weight is 267 g/mol. The Morgan fingerprint density at radius 2 is 2.39 bits per heavy atom. The number of aromatic nitrogens is 1. The van der Waals surface area contributed by atoms with Crippen molar-refractivity contribution in [3.63, 3.8) is 0 Å². The molecule has 18 heavy (non-hydrogen) atoms. The molecule has 1 N–H and O–H groups in total. The Kier molecular flexibility index (Phi) is 5.60. The van der Waals surface area contributed by atoms with Gasteiger partial charge in [0.15, 0.2) is 0 Å². The maximum absolute atomic E-state index is 4.73. The van der Waals surface area contributed by atoms with Crippen LogP contribution in [0.5, 0.6) is 0 Å². The number of thiazole rings is 1. The molecule has 1 unspecified atom stereocenters. The molecule has 0 bridgehead atoms. The fourth-order valence-corrected chi connectivity index (χ4v) is 3.40. The number of likely N-dealkylation sites (tertiary alicyclic amines) is 1. The van der Waals surface area contributed by atoms with E-state index in [9.17, 15) is 0 Å². The van der Waals surface area contributed by atoms with E-state index in [1.54, 1.807) is 11.3 Å². The Morgan fingerprint density at radius 1 is 1.50 bits per heavy atom. The first-order valence-corrected chi connectivity index (χ1v) is 8.09. The van der Waals surface area contributed by atoms with E-state index < -0.39 is 0 Å². The fraction of sp³-hybridized carbons (Fsp3) is 0.786. The van der Waals surface area contributed by atoms with Crippen LogP contribution in [0.4, 0.5) is 0 Å². The summed E-state index contributed by atoms with van der Waals surface area (Å²) in [5, 5.41) is 6.87. The van der Waals surface area contributed by atoms with Gasteiger partial charge in [0, 0.05) is 24.5 Å². The van der Waals surface area contributed by atoms with Crippen molar-refractivity contribution >= 4 is 11.3 Å². The third-order valence-corrected chi connectivity index (χ3v) is 4.54. The SMILES string of the molecule is CCCNCc1nc(CN2CCCC2CC)cs1. The minimum atomic E-state index is 0.786. The van der Waals surface area contributed by atoms with Gasteiger partial charge < -0.3 is 5.32 Å². The predicted octanol–water partition coefficient (Wildman–Crippen LogP) is 3.02. The summed E-state index contributed by atoms with van der Waals surface area (Å²) in [7, 11) is 0. The minimum Gasteiger partial charge on any atom is -0.310 e. The number of hydrogen-bond acceptors (Lipinski definition) is 4. The molecule has 1 atom stereocenters. The first-order chi connectivity index (χ1) is 8.83. The predicted molar refractivity (Wildman–Crippen MR) is 77.8 cm³/mol.